The lowest BCUT2D eigenvalue weighted by molar-refractivity contribution is 0.0211. The number of sulfone groups is 1. The Morgan fingerprint density at radius 1 is 1.14 bits per heavy atom. The Morgan fingerprint density at radius 3 is 2.46 bits per heavy atom. The summed E-state index contributed by atoms with van der Waals surface area (Å²) in [5.41, 5.74) is -0.676. The summed E-state index contributed by atoms with van der Waals surface area (Å²) in [6.45, 7) is 10.0. The van der Waals surface area contributed by atoms with Crippen LogP contribution in [0.3, 0.4) is 0 Å². The highest BCUT2D eigenvalue weighted by Crippen LogP contribution is 2.30. The molecule has 0 aliphatic carbocycles. The normalized spacial score (nSPS) is 13.1. The van der Waals surface area contributed by atoms with Crippen LogP contribution in [0.2, 0.25) is 0 Å². The maximum atomic E-state index is 13.7. The number of amides is 1. The number of ether oxygens (including phenoxy) is 2. The van der Waals surface area contributed by atoms with Crippen molar-refractivity contribution >= 4 is 26.7 Å². The molecule has 1 aromatic carbocycles. The van der Waals surface area contributed by atoms with Crippen LogP contribution in [0.5, 0.6) is 5.88 Å². The second-order valence-electron chi connectivity index (χ2n) is 10.3. The van der Waals surface area contributed by atoms with Crippen LogP contribution in [-0.2, 0) is 14.6 Å². The molecule has 0 spiro atoms. The van der Waals surface area contributed by atoms with Crippen LogP contribution < -0.4 is 4.74 Å². The van der Waals surface area contributed by atoms with Gasteiger partial charge in [0, 0.05) is 36.7 Å². The molecule has 0 aliphatic rings. The highest BCUT2D eigenvalue weighted by molar-refractivity contribution is 7.91. The molecule has 1 atom stereocenters. The van der Waals surface area contributed by atoms with E-state index in [4.69, 9.17) is 9.47 Å². The van der Waals surface area contributed by atoms with Crippen LogP contribution in [-0.4, -0.2) is 67.7 Å². The predicted molar refractivity (Wildman–Crippen MR) is 137 cm³/mol. The minimum atomic E-state index is -3.70. The number of aliphatic hydroxyl groups excluding tert-OH is 1. The number of aromatic nitrogens is 1. The molecule has 0 bridgehead atoms. The van der Waals surface area contributed by atoms with E-state index in [0.29, 0.717) is 42.0 Å². The number of hydrogen-bond donors (Lipinski definition) is 1. The molecule has 9 heteroatoms. The molecule has 0 radical (unpaired) electrons. The third-order valence-corrected chi connectivity index (χ3v) is 7.52. The van der Waals surface area contributed by atoms with Gasteiger partial charge < -0.3 is 19.5 Å². The van der Waals surface area contributed by atoms with Crippen molar-refractivity contribution in [1.29, 1.82) is 0 Å². The zero-order valence-corrected chi connectivity index (χ0v) is 22.6. The smallest absolute Gasteiger partial charge is 0.410 e. The largest absolute Gasteiger partial charge is 0.481 e. The van der Waals surface area contributed by atoms with Crippen molar-refractivity contribution in [3.8, 4) is 5.88 Å². The number of methoxy groups -OCH3 is 1. The maximum Gasteiger partial charge on any atom is 0.410 e. The second kappa shape index (κ2) is 12.5. The fourth-order valence-electron chi connectivity index (χ4n) is 3.94. The van der Waals surface area contributed by atoms with Crippen molar-refractivity contribution in [2.45, 2.75) is 64.4 Å². The van der Waals surface area contributed by atoms with Gasteiger partial charge in [0.1, 0.15) is 5.60 Å². The number of carbonyl (C=O) groups is 1. The van der Waals surface area contributed by atoms with E-state index in [1.165, 1.54) is 18.2 Å². The van der Waals surface area contributed by atoms with Gasteiger partial charge in [-0.3, -0.25) is 0 Å². The number of fused-ring (bicyclic) bond motifs is 1. The van der Waals surface area contributed by atoms with Gasteiger partial charge in [-0.2, -0.15) is 0 Å². The number of pyridine rings is 1. The first kappa shape index (κ1) is 28.8. The van der Waals surface area contributed by atoms with Crippen molar-refractivity contribution in [2.75, 3.05) is 32.6 Å². The number of carbonyl (C=O) groups excluding carboxylic acids is 1. The fraction of sp³-hybridized carbons (Fsp3) is 0.615. The van der Waals surface area contributed by atoms with Gasteiger partial charge in [-0.1, -0.05) is 26.3 Å². The van der Waals surface area contributed by atoms with Gasteiger partial charge in [-0.25, -0.2) is 18.2 Å². The summed E-state index contributed by atoms with van der Waals surface area (Å²) < 4.78 is 38.2. The third-order valence-electron chi connectivity index (χ3n) is 5.58. The number of hydrogen-bond acceptors (Lipinski definition) is 7. The van der Waals surface area contributed by atoms with E-state index in [0.717, 1.165) is 6.42 Å². The molecule has 0 aliphatic heterocycles. The zero-order chi connectivity index (χ0) is 26.2. The molecule has 196 valence electrons. The Kier molecular flexibility index (Phi) is 10.3. The van der Waals surface area contributed by atoms with E-state index in [1.807, 2.05) is 0 Å². The molecule has 0 saturated carbocycles. The van der Waals surface area contributed by atoms with E-state index in [9.17, 15) is 18.3 Å². The first-order chi connectivity index (χ1) is 16.4. The van der Waals surface area contributed by atoms with E-state index in [2.05, 4.69) is 18.8 Å². The van der Waals surface area contributed by atoms with Gasteiger partial charge in [-0.15, -0.1) is 0 Å². The van der Waals surface area contributed by atoms with E-state index < -0.39 is 21.5 Å². The Morgan fingerprint density at radius 2 is 1.86 bits per heavy atom. The molecule has 8 nitrogen and oxygen atoms in total. The third kappa shape index (κ3) is 8.65. The van der Waals surface area contributed by atoms with Crippen LogP contribution in [0.15, 0.2) is 35.4 Å². The average molecular weight is 509 g/mol. The number of rotatable bonds is 12. The van der Waals surface area contributed by atoms with Crippen LogP contribution >= 0.6 is 0 Å². The monoisotopic (exact) mass is 508 g/mol. The lowest BCUT2D eigenvalue weighted by Gasteiger charge is -2.30. The first-order valence-corrected chi connectivity index (χ1v) is 13.8. The standard InChI is InChI=1S/C26H40N2O6S/c1-19(2)11-12-20(17-28(15-8-16-29)25(30)34-26(3,4)5)18-35(31,32)23-10-7-9-22-21(23)13-14-27-24(22)33-6/h7,9-10,13-14,19-20,29H,8,11-12,15-18H2,1-6H3. The second-order valence-corrected chi connectivity index (χ2v) is 12.3. The van der Waals surface area contributed by atoms with Crippen molar-refractivity contribution in [2.24, 2.45) is 11.8 Å². The van der Waals surface area contributed by atoms with Gasteiger partial charge in [0.05, 0.1) is 17.8 Å². The van der Waals surface area contributed by atoms with Crippen LogP contribution in [0.1, 0.15) is 53.9 Å². The van der Waals surface area contributed by atoms with Gasteiger partial charge >= 0.3 is 6.09 Å². The summed E-state index contributed by atoms with van der Waals surface area (Å²) in [4.78, 5) is 18.8. The molecule has 0 saturated heterocycles. The molecule has 1 amide bonds. The van der Waals surface area contributed by atoms with Gasteiger partial charge in [0.2, 0.25) is 5.88 Å². The fourth-order valence-corrected chi connectivity index (χ4v) is 5.81. The van der Waals surface area contributed by atoms with Gasteiger partial charge in [-0.05, 0) is 63.6 Å². The summed E-state index contributed by atoms with van der Waals surface area (Å²) in [5.74, 6) is 0.353. The predicted octanol–water partition coefficient (Wildman–Crippen LogP) is 4.69. The quantitative estimate of drug-likeness (QED) is 0.443. The lowest BCUT2D eigenvalue weighted by Crippen LogP contribution is -2.41. The van der Waals surface area contributed by atoms with Crippen LogP contribution in [0, 0.1) is 11.8 Å². The highest BCUT2D eigenvalue weighted by atomic mass is 32.2. The van der Waals surface area contributed by atoms with E-state index in [1.54, 1.807) is 45.0 Å². The lowest BCUT2D eigenvalue weighted by atomic mass is 9.98. The Labute approximate surface area is 209 Å². The van der Waals surface area contributed by atoms with E-state index >= 15 is 0 Å². The summed E-state index contributed by atoms with van der Waals surface area (Å²) in [7, 11) is -2.19. The SMILES string of the molecule is COc1nccc2c(S(=O)(=O)CC(CCC(C)C)CN(CCCO)C(=O)OC(C)(C)C)cccc12. The molecule has 1 heterocycles. The molecular weight excluding hydrogens is 468 g/mol. The topological polar surface area (TPSA) is 106 Å². The molecule has 0 fully saturated rings. The minimum absolute atomic E-state index is 0.0693. The van der Waals surface area contributed by atoms with Gasteiger partial charge in [0.15, 0.2) is 9.84 Å². The van der Waals surface area contributed by atoms with Crippen LogP contribution in [0.4, 0.5) is 4.79 Å². The summed E-state index contributed by atoms with van der Waals surface area (Å²) in [5, 5.41) is 10.5. The Hall–Kier alpha value is -2.39. The van der Waals surface area contributed by atoms with E-state index in [-0.39, 0.29) is 29.7 Å². The number of benzene rings is 1. The Bertz CT molecular complexity index is 1080. The number of nitrogens with zero attached hydrogens (tertiary/aromatic N) is 2. The van der Waals surface area contributed by atoms with Crippen molar-refractivity contribution in [3.05, 3.63) is 30.5 Å². The van der Waals surface area contributed by atoms with Crippen molar-refractivity contribution in [1.82, 2.24) is 9.88 Å². The molecule has 35 heavy (non-hydrogen) atoms. The molecule has 2 rings (SSSR count). The van der Waals surface area contributed by atoms with Gasteiger partial charge in [0.25, 0.3) is 0 Å². The average Bonchev–Trinajstić information content (AvgIpc) is 2.77. The van der Waals surface area contributed by atoms with Crippen LogP contribution in [0.25, 0.3) is 10.8 Å². The van der Waals surface area contributed by atoms with Crippen molar-refractivity contribution in [3.63, 3.8) is 0 Å². The molecular formula is C26H40N2O6S. The minimum Gasteiger partial charge on any atom is -0.481 e. The maximum absolute atomic E-state index is 13.7. The first-order valence-electron chi connectivity index (χ1n) is 12.1. The number of aliphatic hydroxyl groups is 1. The zero-order valence-electron chi connectivity index (χ0n) is 21.8. The van der Waals surface area contributed by atoms with Crippen molar-refractivity contribution < 1.29 is 27.8 Å². The molecule has 2 aromatic rings. The summed E-state index contributed by atoms with van der Waals surface area (Å²) >= 11 is 0. The molecule has 1 unspecified atom stereocenters. The Balaban J connectivity index is 2.38. The highest BCUT2D eigenvalue weighted by Gasteiger charge is 2.29. The molecule has 1 N–H and O–H groups in total. The summed E-state index contributed by atoms with van der Waals surface area (Å²) in [6, 6.07) is 6.77. The molecule has 1 aromatic heterocycles. The summed E-state index contributed by atoms with van der Waals surface area (Å²) in [6.07, 6.45) is 2.90.